The van der Waals surface area contributed by atoms with E-state index in [2.05, 4.69) is 4.98 Å². The lowest BCUT2D eigenvalue weighted by Crippen LogP contribution is -2.39. The summed E-state index contributed by atoms with van der Waals surface area (Å²) in [6, 6.07) is 0. The predicted octanol–water partition coefficient (Wildman–Crippen LogP) is 1.16. The van der Waals surface area contributed by atoms with E-state index in [4.69, 9.17) is 5.73 Å². The van der Waals surface area contributed by atoms with E-state index in [9.17, 15) is 4.79 Å². The van der Waals surface area contributed by atoms with Crippen molar-refractivity contribution < 1.29 is 4.79 Å². The number of imidazole rings is 1. The highest BCUT2D eigenvalue weighted by Gasteiger charge is 2.19. The molecule has 0 spiro atoms. The van der Waals surface area contributed by atoms with Gasteiger partial charge in [0.2, 0.25) is 5.91 Å². The second-order valence-corrected chi connectivity index (χ2v) is 5.44. The molecular weight excluding hydrogens is 274 g/mol. The standard InChI is InChI=1S/C13H21N5OS/c1-4-17(5-2)11(19)9-16(3)12-10(8-14)18-6-7-20-13(18)15-12/h6-7H,4-5,8-9,14H2,1-3H3. The Bertz CT molecular complexity index is 587. The van der Waals surface area contributed by atoms with Gasteiger partial charge in [0.15, 0.2) is 10.8 Å². The van der Waals surface area contributed by atoms with Crippen LogP contribution in [0.1, 0.15) is 19.5 Å². The Balaban J connectivity index is 2.20. The molecule has 110 valence electrons. The average Bonchev–Trinajstić information content (AvgIpc) is 2.99. The first-order valence-corrected chi connectivity index (χ1v) is 7.63. The molecule has 7 heteroatoms. The maximum absolute atomic E-state index is 12.2. The van der Waals surface area contributed by atoms with Crippen molar-refractivity contribution in [3.8, 4) is 0 Å². The highest BCUT2D eigenvalue weighted by atomic mass is 32.1. The maximum Gasteiger partial charge on any atom is 0.242 e. The van der Waals surface area contributed by atoms with E-state index < -0.39 is 0 Å². The zero-order valence-electron chi connectivity index (χ0n) is 12.2. The zero-order valence-corrected chi connectivity index (χ0v) is 13.0. The average molecular weight is 295 g/mol. The highest BCUT2D eigenvalue weighted by Crippen LogP contribution is 2.23. The van der Waals surface area contributed by atoms with Gasteiger partial charge in [0.1, 0.15) is 0 Å². The number of nitrogens with two attached hydrogens (primary N) is 1. The van der Waals surface area contributed by atoms with Gasteiger partial charge in [-0.25, -0.2) is 4.98 Å². The fraction of sp³-hybridized carbons (Fsp3) is 0.538. The van der Waals surface area contributed by atoms with Crippen LogP contribution in [0.4, 0.5) is 5.82 Å². The summed E-state index contributed by atoms with van der Waals surface area (Å²) >= 11 is 1.56. The van der Waals surface area contributed by atoms with Gasteiger partial charge < -0.3 is 15.5 Å². The number of likely N-dealkylation sites (N-methyl/N-ethyl adjacent to an activating group) is 2. The number of thiazole rings is 1. The molecule has 2 heterocycles. The molecule has 0 atom stereocenters. The van der Waals surface area contributed by atoms with Crippen LogP contribution < -0.4 is 10.6 Å². The summed E-state index contributed by atoms with van der Waals surface area (Å²) in [5.74, 6) is 0.900. The van der Waals surface area contributed by atoms with Gasteiger partial charge >= 0.3 is 0 Å². The molecule has 0 unspecified atom stereocenters. The van der Waals surface area contributed by atoms with Gasteiger partial charge in [-0.05, 0) is 13.8 Å². The molecule has 2 aromatic heterocycles. The van der Waals surface area contributed by atoms with Crippen molar-refractivity contribution in [2.75, 3.05) is 31.6 Å². The third kappa shape index (κ3) is 2.64. The van der Waals surface area contributed by atoms with Crippen molar-refractivity contribution in [1.82, 2.24) is 14.3 Å². The summed E-state index contributed by atoms with van der Waals surface area (Å²) in [5, 5.41) is 1.98. The number of nitrogens with zero attached hydrogens (tertiary/aromatic N) is 4. The molecule has 20 heavy (non-hydrogen) atoms. The van der Waals surface area contributed by atoms with Gasteiger partial charge in [-0.15, -0.1) is 11.3 Å². The van der Waals surface area contributed by atoms with Crippen LogP contribution in [0.3, 0.4) is 0 Å². The third-order valence-electron chi connectivity index (χ3n) is 3.38. The van der Waals surface area contributed by atoms with Crippen LogP contribution in [-0.2, 0) is 11.3 Å². The second-order valence-electron chi connectivity index (χ2n) is 4.56. The second kappa shape index (κ2) is 6.23. The molecule has 2 rings (SSSR count). The summed E-state index contributed by atoms with van der Waals surface area (Å²) in [4.78, 5) is 21.3. The van der Waals surface area contributed by atoms with Crippen LogP contribution in [0.5, 0.6) is 0 Å². The van der Waals surface area contributed by atoms with Gasteiger partial charge in [-0.2, -0.15) is 0 Å². The fourth-order valence-electron chi connectivity index (χ4n) is 2.27. The Kier molecular flexibility index (Phi) is 4.61. The number of anilines is 1. The lowest BCUT2D eigenvalue weighted by atomic mass is 10.3. The number of carbonyl (C=O) groups is 1. The van der Waals surface area contributed by atoms with E-state index in [1.54, 1.807) is 11.3 Å². The van der Waals surface area contributed by atoms with E-state index in [0.717, 1.165) is 29.6 Å². The normalized spacial score (nSPS) is 11.0. The molecule has 0 aromatic carbocycles. The highest BCUT2D eigenvalue weighted by molar-refractivity contribution is 7.15. The van der Waals surface area contributed by atoms with Gasteiger partial charge in [0.05, 0.1) is 12.2 Å². The molecule has 6 nitrogen and oxygen atoms in total. The van der Waals surface area contributed by atoms with Gasteiger partial charge in [-0.3, -0.25) is 9.20 Å². The molecule has 0 aliphatic heterocycles. The Morgan fingerprint density at radius 3 is 2.75 bits per heavy atom. The van der Waals surface area contributed by atoms with E-state index >= 15 is 0 Å². The van der Waals surface area contributed by atoms with Crippen molar-refractivity contribution >= 4 is 28.0 Å². The topological polar surface area (TPSA) is 66.9 Å². The zero-order chi connectivity index (χ0) is 14.7. The minimum atomic E-state index is 0.108. The summed E-state index contributed by atoms with van der Waals surface area (Å²) in [5.41, 5.74) is 6.76. The van der Waals surface area contributed by atoms with E-state index in [0.29, 0.717) is 13.1 Å². The predicted molar refractivity (Wildman–Crippen MR) is 82.2 cm³/mol. The largest absolute Gasteiger partial charge is 0.349 e. The van der Waals surface area contributed by atoms with E-state index in [1.807, 2.05) is 46.7 Å². The van der Waals surface area contributed by atoms with E-state index in [-0.39, 0.29) is 5.91 Å². The van der Waals surface area contributed by atoms with Crippen molar-refractivity contribution in [2.24, 2.45) is 5.73 Å². The first-order valence-electron chi connectivity index (χ1n) is 6.75. The van der Waals surface area contributed by atoms with Crippen LogP contribution >= 0.6 is 11.3 Å². The van der Waals surface area contributed by atoms with Crippen molar-refractivity contribution in [1.29, 1.82) is 0 Å². The number of carbonyl (C=O) groups excluding carboxylic acids is 1. The molecule has 2 N–H and O–H groups in total. The molecule has 0 saturated carbocycles. The lowest BCUT2D eigenvalue weighted by molar-refractivity contribution is -0.129. The Labute approximate surface area is 122 Å². The quantitative estimate of drug-likeness (QED) is 0.868. The minimum absolute atomic E-state index is 0.108. The summed E-state index contributed by atoms with van der Waals surface area (Å²) in [6.07, 6.45) is 1.96. The number of hydrogen-bond donors (Lipinski definition) is 1. The number of amides is 1. The van der Waals surface area contributed by atoms with Crippen molar-refractivity contribution in [3.63, 3.8) is 0 Å². The van der Waals surface area contributed by atoms with Crippen LogP contribution in [0.15, 0.2) is 11.6 Å². The Morgan fingerprint density at radius 2 is 2.15 bits per heavy atom. The van der Waals surface area contributed by atoms with Crippen molar-refractivity contribution in [3.05, 3.63) is 17.3 Å². The molecule has 0 bridgehead atoms. The SMILES string of the molecule is CCN(CC)C(=O)CN(C)c1nc2sccn2c1CN. The smallest absolute Gasteiger partial charge is 0.242 e. The summed E-state index contributed by atoms with van der Waals surface area (Å²) in [7, 11) is 1.88. The first kappa shape index (κ1) is 14.8. The lowest BCUT2D eigenvalue weighted by Gasteiger charge is -2.23. The molecule has 0 aliphatic carbocycles. The van der Waals surface area contributed by atoms with Crippen LogP contribution in [-0.4, -0.2) is 46.9 Å². The number of rotatable bonds is 6. The van der Waals surface area contributed by atoms with Crippen LogP contribution in [0.25, 0.3) is 4.96 Å². The number of aromatic nitrogens is 2. The summed E-state index contributed by atoms with van der Waals surface area (Å²) in [6.45, 7) is 6.14. The molecule has 0 aliphatic rings. The van der Waals surface area contributed by atoms with E-state index in [1.165, 1.54) is 0 Å². The third-order valence-corrected chi connectivity index (χ3v) is 4.14. The monoisotopic (exact) mass is 295 g/mol. The molecule has 0 saturated heterocycles. The Morgan fingerprint density at radius 1 is 1.45 bits per heavy atom. The summed E-state index contributed by atoms with van der Waals surface area (Å²) < 4.78 is 1.98. The Hall–Kier alpha value is -1.60. The molecule has 0 fully saturated rings. The van der Waals surface area contributed by atoms with Crippen molar-refractivity contribution in [2.45, 2.75) is 20.4 Å². The molecule has 1 amide bonds. The fourth-order valence-corrected chi connectivity index (χ4v) is 3.00. The minimum Gasteiger partial charge on any atom is -0.349 e. The van der Waals surface area contributed by atoms with Gasteiger partial charge in [0, 0.05) is 38.3 Å². The maximum atomic E-state index is 12.2. The van der Waals surface area contributed by atoms with Gasteiger partial charge in [0.25, 0.3) is 0 Å². The molecular formula is C13H21N5OS. The number of hydrogen-bond acceptors (Lipinski definition) is 5. The van der Waals surface area contributed by atoms with Gasteiger partial charge in [-0.1, -0.05) is 0 Å². The van der Waals surface area contributed by atoms with Crippen LogP contribution in [0.2, 0.25) is 0 Å². The molecule has 2 aromatic rings. The number of fused-ring (bicyclic) bond motifs is 1. The molecule has 0 radical (unpaired) electrons. The first-order chi connectivity index (χ1) is 9.62. The van der Waals surface area contributed by atoms with Crippen LogP contribution in [0, 0.1) is 0 Å².